The zero-order valence-electron chi connectivity index (χ0n) is 9.96. The van der Waals surface area contributed by atoms with Crippen LogP contribution in [0.1, 0.15) is 12.8 Å². The molecule has 1 N–H and O–H groups in total. The molecule has 110 valence electrons. The first-order valence-electron chi connectivity index (χ1n) is 5.73. The Hall–Kier alpha value is -0.760. The minimum absolute atomic E-state index is 0.138. The van der Waals surface area contributed by atoms with Crippen LogP contribution in [-0.2, 0) is 0 Å². The van der Waals surface area contributed by atoms with Gasteiger partial charge in [0.15, 0.2) is 0 Å². The van der Waals surface area contributed by atoms with Gasteiger partial charge in [-0.15, -0.1) is 0 Å². The van der Waals surface area contributed by atoms with Gasteiger partial charge >= 0.3 is 12.4 Å². The van der Waals surface area contributed by atoms with E-state index in [0.717, 1.165) is 0 Å². The number of nitrogens with zero attached hydrogens (tertiary/aromatic N) is 1. The summed E-state index contributed by atoms with van der Waals surface area (Å²) in [7, 11) is 1.65. The summed E-state index contributed by atoms with van der Waals surface area (Å²) >= 11 is 0. The summed E-state index contributed by atoms with van der Waals surface area (Å²) in [6, 6.07) is -0.609. The van der Waals surface area contributed by atoms with Crippen molar-refractivity contribution in [1.29, 1.82) is 0 Å². The standard InChI is InChI=1S/C11H13F6NO/c1-18-7-2-3-8(18)6(4-7)5-9(19,10(12,13)14)11(15,16)17/h2-3,6-8,19H,4-5H2,1H3. The van der Waals surface area contributed by atoms with Crippen LogP contribution in [0, 0.1) is 5.92 Å². The molecule has 2 aliphatic heterocycles. The van der Waals surface area contributed by atoms with Gasteiger partial charge in [-0.1, -0.05) is 12.2 Å². The van der Waals surface area contributed by atoms with Crippen LogP contribution in [0.2, 0.25) is 0 Å². The molecule has 1 fully saturated rings. The first kappa shape index (κ1) is 14.6. The third-order valence-electron chi connectivity index (χ3n) is 4.05. The highest BCUT2D eigenvalue weighted by molar-refractivity contribution is 5.18. The smallest absolute Gasteiger partial charge is 0.374 e. The Bertz CT molecular complexity index is 374. The highest BCUT2D eigenvalue weighted by Gasteiger charge is 2.71. The first-order chi connectivity index (χ1) is 8.47. The molecule has 0 spiro atoms. The van der Waals surface area contributed by atoms with E-state index in [-0.39, 0.29) is 12.5 Å². The number of likely N-dealkylation sites (N-methyl/N-ethyl adjacent to an activating group) is 1. The zero-order chi connectivity index (χ0) is 14.6. The quantitative estimate of drug-likeness (QED) is 0.623. The highest BCUT2D eigenvalue weighted by Crippen LogP contribution is 2.50. The topological polar surface area (TPSA) is 23.5 Å². The Balaban J connectivity index is 2.22. The van der Waals surface area contributed by atoms with Crippen LogP contribution in [0.15, 0.2) is 12.2 Å². The summed E-state index contributed by atoms with van der Waals surface area (Å²) in [4.78, 5) is 1.72. The molecule has 0 radical (unpaired) electrons. The van der Waals surface area contributed by atoms with Crippen molar-refractivity contribution in [2.24, 2.45) is 5.92 Å². The fraction of sp³-hybridized carbons (Fsp3) is 0.818. The van der Waals surface area contributed by atoms with Gasteiger partial charge < -0.3 is 5.11 Å². The van der Waals surface area contributed by atoms with Crippen molar-refractivity contribution >= 4 is 0 Å². The second kappa shape index (κ2) is 4.12. The third-order valence-corrected chi connectivity index (χ3v) is 4.05. The van der Waals surface area contributed by atoms with E-state index in [1.807, 2.05) is 0 Å². The lowest BCUT2D eigenvalue weighted by Gasteiger charge is -2.35. The minimum Gasteiger partial charge on any atom is -0.374 e. The van der Waals surface area contributed by atoms with Crippen LogP contribution >= 0.6 is 0 Å². The lowest BCUT2D eigenvalue weighted by molar-refractivity contribution is -0.372. The Labute approximate surface area is 105 Å². The molecule has 2 bridgehead atoms. The van der Waals surface area contributed by atoms with Gasteiger partial charge in [-0.2, -0.15) is 26.3 Å². The molecule has 2 rings (SSSR count). The summed E-state index contributed by atoms with van der Waals surface area (Å²) in [5.74, 6) is -0.853. The van der Waals surface area contributed by atoms with Crippen molar-refractivity contribution in [2.45, 2.75) is 42.9 Å². The SMILES string of the molecule is CN1C2C=CC1C(CC(O)(C(F)(F)F)C(F)(F)F)C2. The van der Waals surface area contributed by atoms with Gasteiger partial charge in [-0.05, 0) is 25.8 Å². The molecule has 3 atom stereocenters. The Kier molecular flexibility index (Phi) is 3.17. The van der Waals surface area contributed by atoms with Gasteiger partial charge in [0.05, 0.1) is 0 Å². The van der Waals surface area contributed by atoms with E-state index in [1.54, 1.807) is 24.1 Å². The van der Waals surface area contributed by atoms with E-state index in [0.29, 0.717) is 0 Å². The van der Waals surface area contributed by atoms with Crippen molar-refractivity contribution in [3.05, 3.63) is 12.2 Å². The van der Waals surface area contributed by atoms with Crippen LogP contribution in [-0.4, -0.2) is 47.1 Å². The summed E-state index contributed by atoms with van der Waals surface area (Å²) in [5, 5.41) is 9.17. The molecule has 19 heavy (non-hydrogen) atoms. The van der Waals surface area contributed by atoms with E-state index in [9.17, 15) is 26.3 Å². The third kappa shape index (κ3) is 2.14. The molecule has 0 saturated carbocycles. The Morgan fingerprint density at radius 1 is 1.11 bits per heavy atom. The molecule has 0 aromatic carbocycles. The molecule has 1 saturated heterocycles. The van der Waals surface area contributed by atoms with Gasteiger partial charge in [-0.3, -0.25) is 4.90 Å². The van der Waals surface area contributed by atoms with Crippen molar-refractivity contribution in [3.63, 3.8) is 0 Å². The van der Waals surface area contributed by atoms with Gasteiger partial charge in [0.1, 0.15) is 0 Å². The molecule has 2 nitrogen and oxygen atoms in total. The number of alkyl halides is 6. The lowest BCUT2D eigenvalue weighted by atomic mass is 9.82. The van der Waals surface area contributed by atoms with Crippen molar-refractivity contribution < 1.29 is 31.4 Å². The summed E-state index contributed by atoms with van der Waals surface area (Å²) in [5.41, 5.74) is -4.64. The summed E-state index contributed by atoms with van der Waals surface area (Å²) in [6.45, 7) is 0. The second-order valence-corrected chi connectivity index (χ2v) is 5.16. The van der Waals surface area contributed by atoms with E-state index >= 15 is 0 Å². The van der Waals surface area contributed by atoms with Crippen molar-refractivity contribution in [1.82, 2.24) is 4.90 Å². The molecular weight excluding hydrogens is 276 g/mol. The van der Waals surface area contributed by atoms with Crippen LogP contribution in [0.3, 0.4) is 0 Å². The number of hydrogen-bond acceptors (Lipinski definition) is 2. The fourth-order valence-corrected chi connectivity index (χ4v) is 2.89. The maximum absolute atomic E-state index is 12.6. The van der Waals surface area contributed by atoms with Gasteiger partial charge in [0, 0.05) is 12.1 Å². The average Bonchev–Trinajstić information content (AvgIpc) is 2.70. The molecule has 0 aliphatic carbocycles. The molecule has 0 aromatic rings. The minimum atomic E-state index is -5.73. The predicted molar refractivity (Wildman–Crippen MR) is 54.3 cm³/mol. The van der Waals surface area contributed by atoms with E-state index in [4.69, 9.17) is 5.11 Å². The van der Waals surface area contributed by atoms with Crippen LogP contribution < -0.4 is 0 Å². The molecule has 0 amide bonds. The molecule has 2 aliphatic rings. The largest absolute Gasteiger partial charge is 0.426 e. The predicted octanol–water partition coefficient (Wildman–Crippen LogP) is 2.49. The number of hydrogen-bond donors (Lipinski definition) is 1. The van der Waals surface area contributed by atoms with Crippen LogP contribution in [0.4, 0.5) is 26.3 Å². The number of rotatable bonds is 2. The second-order valence-electron chi connectivity index (χ2n) is 5.16. The summed E-state index contributed by atoms with van der Waals surface area (Å²) < 4.78 is 75.5. The number of halogens is 6. The average molecular weight is 289 g/mol. The normalized spacial score (nSPS) is 32.3. The monoisotopic (exact) mass is 289 g/mol. The summed E-state index contributed by atoms with van der Waals surface area (Å²) in [6.07, 6.45) is -9.24. The highest BCUT2D eigenvalue weighted by atomic mass is 19.4. The van der Waals surface area contributed by atoms with Crippen LogP contribution in [0.5, 0.6) is 0 Å². The fourth-order valence-electron chi connectivity index (χ4n) is 2.89. The maximum atomic E-state index is 12.6. The zero-order valence-corrected chi connectivity index (χ0v) is 9.96. The lowest BCUT2D eigenvalue weighted by Crippen LogP contribution is -2.58. The maximum Gasteiger partial charge on any atom is 0.426 e. The first-order valence-corrected chi connectivity index (χ1v) is 5.73. The van der Waals surface area contributed by atoms with E-state index in [1.165, 1.54) is 0 Å². The molecule has 0 aromatic heterocycles. The van der Waals surface area contributed by atoms with E-state index < -0.39 is 36.3 Å². The molecule has 8 heteroatoms. The van der Waals surface area contributed by atoms with Gasteiger partial charge in [0.25, 0.3) is 5.60 Å². The Morgan fingerprint density at radius 3 is 1.95 bits per heavy atom. The number of fused-ring (bicyclic) bond motifs is 2. The number of aliphatic hydroxyl groups is 1. The Morgan fingerprint density at radius 2 is 1.63 bits per heavy atom. The van der Waals surface area contributed by atoms with Crippen molar-refractivity contribution in [3.8, 4) is 0 Å². The molecular formula is C11H13F6NO. The van der Waals surface area contributed by atoms with Crippen molar-refractivity contribution in [2.75, 3.05) is 7.05 Å². The van der Waals surface area contributed by atoms with Gasteiger partial charge in [-0.25, -0.2) is 0 Å². The van der Waals surface area contributed by atoms with E-state index in [2.05, 4.69) is 0 Å². The molecule has 2 heterocycles. The van der Waals surface area contributed by atoms with Crippen LogP contribution in [0.25, 0.3) is 0 Å². The molecule has 3 unspecified atom stereocenters. The van der Waals surface area contributed by atoms with Gasteiger partial charge in [0.2, 0.25) is 0 Å².